The van der Waals surface area contributed by atoms with Gasteiger partial charge < -0.3 is 5.11 Å². The highest BCUT2D eigenvalue weighted by atomic mass is 32.2. The van der Waals surface area contributed by atoms with Crippen LogP contribution in [0.2, 0.25) is 0 Å². The summed E-state index contributed by atoms with van der Waals surface area (Å²) in [4.78, 5) is 10.6. The van der Waals surface area contributed by atoms with Crippen LogP contribution in [0.15, 0.2) is 0 Å². The molecule has 0 aliphatic carbocycles. The number of carbonyl (C=O) groups is 1. The molecule has 1 heterocycles. The third kappa shape index (κ3) is 2.90. The first-order valence-electron chi connectivity index (χ1n) is 4.84. The van der Waals surface area contributed by atoms with E-state index in [9.17, 15) is 17.6 Å². The van der Waals surface area contributed by atoms with E-state index in [1.165, 1.54) is 6.92 Å². The maximum Gasteiger partial charge on any atom is 0.304 e. The second-order valence-corrected chi connectivity index (χ2v) is 6.43. The van der Waals surface area contributed by atoms with Crippen molar-refractivity contribution < 1.29 is 22.7 Å². The first kappa shape index (κ1) is 12.4. The van der Waals surface area contributed by atoms with E-state index in [0.717, 1.165) is 0 Å². The van der Waals surface area contributed by atoms with Gasteiger partial charge in [0, 0.05) is 5.41 Å². The van der Waals surface area contributed by atoms with Crippen LogP contribution in [0.25, 0.3) is 0 Å². The molecule has 1 N–H and O–H groups in total. The van der Waals surface area contributed by atoms with Crippen LogP contribution in [0, 0.1) is 5.41 Å². The number of halogens is 1. The second-order valence-electron chi connectivity index (χ2n) is 4.24. The Kier molecular flexibility index (Phi) is 3.38. The number of hydrogen-bond acceptors (Lipinski definition) is 3. The number of aliphatic carboxylic acids is 1. The van der Waals surface area contributed by atoms with E-state index in [4.69, 9.17) is 5.11 Å². The zero-order valence-electron chi connectivity index (χ0n) is 8.57. The summed E-state index contributed by atoms with van der Waals surface area (Å²) in [6.45, 7) is 1.24. The Morgan fingerprint density at radius 3 is 2.60 bits per heavy atom. The molecule has 0 saturated carbocycles. The van der Waals surface area contributed by atoms with E-state index in [1.807, 2.05) is 0 Å². The molecule has 0 aromatic carbocycles. The van der Waals surface area contributed by atoms with Gasteiger partial charge in [0.25, 0.3) is 0 Å². The molecule has 0 amide bonds. The molecule has 1 aliphatic heterocycles. The third-order valence-corrected chi connectivity index (χ3v) is 4.91. The molecule has 2 unspecified atom stereocenters. The zero-order chi connectivity index (χ0) is 11.7. The highest BCUT2D eigenvalue weighted by Crippen LogP contribution is 2.39. The Balaban J connectivity index is 2.95. The molecule has 1 saturated heterocycles. The number of hydrogen-bond donors (Lipinski definition) is 1. The number of sulfone groups is 1. The van der Waals surface area contributed by atoms with Gasteiger partial charge in [-0.2, -0.15) is 0 Å². The van der Waals surface area contributed by atoms with E-state index >= 15 is 0 Å². The summed E-state index contributed by atoms with van der Waals surface area (Å²) in [5.41, 5.74) is -1.22. The maximum absolute atomic E-state index is 13.4. The van der Waals surface area contributed by atoms with Gasteiger partial charge in [-0.25, -0.2) is 12.8 Å². The molecule has 6 heteroatoms. The molecule has 1 fully saturated rings. The Bertz CT molecular complexity index is 349. The lowest BCUT2D eigenvalue weighted by molar-refractivity contribution is -0.140. The van der Waals surface area contributed by atoms with Crippen LogP contribution in [0.3, 0.4) is 0 Å². The van der Waals surface area contributed by atoms with Crippen LogP contribution in [-0.2, 0) is 14.6 Å². The van der Waals surface area contributed by atoms with Crippen LogP contribution >= 0.6 is 0 Å². The van der Waals surface area contributed by atoms with Crippen molar-refractivity contribution >= 4 is 15.8 Å². The topological polar surface area (TPSA) is 71.4 Å². The van der Waals surface area contributed by atoms with Crippen molar-refractivity contribution in [3.8, 4) is 0 Å². The fourth-order valence-corrected chi connectivity index (χ4v) is 4.20. The van der Waals surface area contributed by atoms with Gasteiger partial charge in [0.1, 0.15) is 6.17 Å². The zero-order valence-corrected chi connectivity index (χ0v) is 9.39. The van der Waals surface area contributed by atoms with Crippen molar-refractivity contribution in [1.82, 2.24) is 0 Å². The van der Waals surface area contributed by atoms with E-state index in [-0.39, 0.29) is 11.5 Å². The van der Waals surface area contributed by atoms with Crippen molar-refractivity contribution in [1.29, 1.82) is 0 Å². The fourth-order valence-electron chi connectivity index (χ4n) is 2.12. The van der Waals surface area contributed by atoms with Gasteiger partial charge >= 0.3 is 5.97 Å². The van der Waals surface area contributed by atoms with E-state index in [2.05, 4.69) is 0 Å². The molecule has 0 spiro atoms. The van der Waals surface area contributed by atoms with Gasteiger partial charge in [-0.05, 0) is 19.8 Å². The Morgan fingerprint density at radius 1 is 1.60 bits per heavy atom. The lowest BCUT2D eigenvalue weighted by atomic mass is 9.78. The van der Waals surface area contributed by atoms with Crippen molar-refractivity contribution in [3.63, 3.8) is 0 Å². The summed E-state index contributed by atoms with van der Waals surface area (Å²) in [6.07, 6.45) is -1.15. The minimum absolute atomic E-state index is 0.0427. The van der Waals surface area contributed by atoms with Crippen molar-refractivity contribution in [3.05, 3.63) is 0 Å². The second kappa shape index (κ2) is 4.08. The highest BCUT2D eigenvalue weighted by molar-refractivity contribution is 7.91. The molecule has 88 valence electrons. The lowest BCUT2D eigenvalue weighted by Crippen LogP contribution is -2.43. The predicted molar refractivity (Wildman–Crippen MR) is 53.1 cm³/mol. The highest BCUT2D eigenvalue weighted by Gasteiger charge is 2.45. The molecule has 4 nitrogen and oxygen atoms in total. The van der Waals surface area contributed by atoms with Gasteiger partial charge in [-0.3, -0.25) is 4.79 Å². The average molecular weight is 238 g/mol. The molecule has 0 radical (unpaired) electrons. The smallest absolute Gasteiger partial charge is 0.304 e. The molecule has 0 bridgehead atoms. The van der Waals surface area contributed by atoms with Crippen LogP contribution in [0.4, 0.5) is 4.39 Å². The first-order valence-corrected chi connectivity index (χ1v) is 6.66. The minimum Gasteiger partial charge on any atom is -0.481 e. The Labute approximate surface area is 88.4 Å². The van der Waals surface area contributed by atoms with E-state index in [1.54, 1.807) is 0 Å². The molecule has 0 aromatic rings. The third-order valence-electron chi connectivity index (χ3n) is 2.98. The van der Waals surface area contributed by atoms with E-state index < -0.39 is 33.8 Å². The van der Waals surface area contributed by atoms with Crippen molar-refractivity contribution in [2.24, 2.45) is 5.41 Å². The monoisotopic (exact) mass is 238 g/mol. The van der Waals surface area contributed by atoms with Gasteiger partial charge in [0.15, 0.2) is 9.84 Å². The van der Waals surface area contributed by atoms with Crippen LogP contribution in [-0.4, -0.2) is 37.2 Å². The van der Waals surface area contributed by atoms with Crippen molar-refractivity contribution in [2.75, 3.05) is 11.5 Å². The minimum atomic E-state index is -3.28. The van der Waals surface area contributed by atoms with Gasteiger partial charge in [-0.15, -0.1) is 0 Å². The molecular weight excluding hydrogens is 223 g/mol. The summed E-state index contributed by atoms with van der Waals surface area (Å²) >= 11 is 0. The summed E-state index contributed by atoms with van der Waals surface area (Å²) in [5, 5.41) is 8.69. The fraction of sp³-hybridized carbons (Fsp3) is 0.889. The number of rotatable bonds is 3. The van der Waals surface area contributed by atoms with Crippen LogP contribution in [0.5, 0.6) is 0 Å². The van der Waals surface area contributed by atoms with Crippen LogP contribution < -0.4 is 0 Å². The molecule has 1 aliphatic rings. The number of carboxylic acid groups (broad SMARTS) is 1. The number of alkyl halides is 1. The van der Waals surface area contributed by atoms with Gasteiger partial charge in [-0.1, -0.05) is 0 Å². The van der Waals surface area contributed by atoms with E-state index in [0.29, 0.717) is 12.8 Å². The Morgan fingerprint density at radius 2 is 2.20 bits per heavy atom. The SMILES string of the molecule is CC(F)C1(CC(=O)O)CCCS(=O)(=O)C1. The summed E-state index contributed by atoms with van der Waals surface area (Å²) < 4.78 is 36.2. The Hall–Kier alpha value is -0.650. The summed E-state index contributed by atoms with van der Waals surface area (Å²) in [7, 11) is -3.28. The van der Waals surface area contributed by atoms with Gasteiger partial charge in [0.2, 0.25) is 0 Å². The summed E-state index contributed by atoms with van der Waals surface area (Å²) in [5.74, 6) is -1.44. The lowest BCUT2D eigenvalue weighted by Gasteiger charge is -2.36. The largest absolute Gasteiger partial charge is 0.481 e. The number of carboxylic acids is 1. The quantitative estimate of drug-likeness (QED) is 0.796. The summed E-state index contributed by atoms with van der Waals surface area (Å²) in [6, 6.07) is 0. The maximum atomic E-state index is 13.4. The standard InChI is InChI=1S/C9H15FO4S/c1-7(10)9(5-8(11)12)3-2-4-15(13,14)6-9/h7H,2-6H2,1H3,(H,11,12). The van der Waals surface area contributed by atoms with Crippen molar-refractivity contribution in [2.45, 2.75) is 32.4 Å². The average Bonchev–Trinajstić information content (AvgIpc) is 1.99. The molecule has 15 heavy (non-hydrogen) atoms. The van der Waals surface area contributed by atoms with Gasteiger partial charge in [0.05, 0.1) is 17.9 Å². The molecule has 0 aromatic heterocycles. The molecule has 1 rings (SSSR count). The van der Waals surface area contributed by atoms with Crippen LogP contribution in [0.1, 0.15) is 26.2 Å². The predicted octanol–water partition coefficient (Wildman–Crippen LogP) is 1.01. The molecule has 2 atom stereocenters. The first-order chi connectivity index (χ1) is 6.77. The normalized spacial score (nSPS) is 32.1. The molecular formula is C9H15FO4S.